The van der Waals surface area contributed by atoms with Crippen LogP contribution in [0.25, 0.3) is 0 Å². The number of methoxy groups -OCH3 is 1. The molecule has 0 aliphatic carbocycles. The second-order valence-corrected chi connectivity index (χ2v) is 10.8. The number of carbonyl (C=O) groups excluding carboxylic acids is 3. The Hall–Kier alpha value is -1.32. The first-order chi connectivity index (χ1) is 15.5. The van der Waals surface area contributed by atoms with E-state index in [-0.39, 0.29) is 18.2 Å². The van der Waals surface area contributed by atoms with Gasteiger partial charge >= 0.3 is 0 Å². The summed E-state index contributed by atoms with van der Waals surface area (Å²) >= 11 is 1.69. The normalized spacial score (nSPS) is 16.8. The first-order valence-electron chi connectivity index (χ1n) is 12.2. The number of hydrogen-bond donors (Lipinski definition) is 1. The fourth-order valence-electron chi connectivity index (χ4n) is 4.05. The van der Waals surface area contributed by atoms with Crippen LogP contribution in [0.3, 0.4) is 0 Å². The molecule has 0 aromatic carbocycles. The summed E-state index contributed by atoms with van der Waals surface area (Å²) < 4.78 is 5.45. The average molecular weight is 487 g/mol. The van der Waals surface area contributed by atoms with Crippen molar-refractivity contribution in [1.29, 1.82) is 0 Å². The molecule has 0 aromatic heterocycles. The van der Waals surface area contributed by atoms with Gasteiger partial charge in [-0.15, -0.1) is 0 Å². The number of nitrogens with zero attached hydrogens (tertiary/aromatic N) is 3. The Bertz CT molecular complexity index is 626. The second-order valence-electron chi connectivity index (χ2n) is 9.64. The molecule has 1 saturated heterocycles. The number of piperidine rings is 1. The standard InChI is InChI=1S/C24H46N4O4S/c1-7-12-21(29)26(4)20(18-33-16-11-15-28-13-9-8-10-14-28)23(31)27(5)19(22(25)30)17-24(2,3)32-6/h19-20H,7-18H2,1-6H3,(H2,25,30)/t19-,20+/m0/s1. The summed E-state index contributed by atoms with van der Waals surface area (Å²) in [6.07, 6.45) is 6.33. The van der Waals surface area contributed by atoms with Gasteiger partial charge in [0, 0.05) is 39.8 Å². The maximum absolute atomic E-state index is 13.5. The molecule has 0 saturated carbocycles. The molecule has 1 rings (SSSR count). The highest BCUT2D eigenvalue weighted by molar-refractivity contribution is 7.99. The minimum absolute atomic E-state index is 0.0639. The molecular formula is C24H46N4O4S. The first-order valence-corrected chi connectivity index (χ1v) is 13.4. The second kappa shape index (κ2) is 14.8. The van der Waals surface area contributed by atoms with Gasteiger partial charge in [-0.3, -0.25) is 14.4 Å². The summed E-state index contributed by atoms with van der Waals surface area (Å²) in [5.74, 6) is 0.517. The summed E-state index contributed by atoms with van der Waals surface area (Å²) in [6.45, 7) is 9.09. The zero-order chi connectivity index (χ0) is 25.0. The van der Waals surface area contributed by atoms with E-state index >= 15 is 0 Å². The van der Waals surface area contributed by atoms with Crippen LogP contribution < -0.4 is 5.73 Å². The SMILES string of the molecule is CCCC(=O)N(C)[C@H](CSCCCN1CCCCC1)C(=O)N(C)[C@@H](CC(C)(C)OC)C(N)=O. The number of primary amides is 1. The lowest BCUT2D eigenvalue weighted by molar-refractivity contribution is -0.147. The lowest BCUT2D eigenvalue weighted by atomic mass is 9.97. The Labute approximate surface area is 204 Å². The summed E-state index contributed by atoms with van der Waals surface area (Å²) in [5.41, 5.74) is 5.04. The van der Waals surface area contributed by atoms with Crippen LogP contribution in [0.2, 0.25) is 0 Å². The van der Waals surface area contributed by atoms with Crippen LogP contribution in [0.15, 0.2) is 0 Å². The van der Waals surface area contributed by atoms with Crippen LogP contribution in [0.1, 0.15) is 65.7 Å². The molecule has 0 aromatic rings. The Morgan fingerprint density at radius 1 is 1.09 bits per heavy atom. The fraction of sp³-hybridized carbons (Fsp3) is 0.875. The third-order valence-corrected chi connectivity index (χ3v) is 7.61. The van der Waals surface area contributed by atoms with E-state index in [0.717, 1.165) is 25.1 Å². The number of amides is 3. The van der Waals surface area contributed by atoms with Crippen molar-refractivity contribution in [3.8, 4) is 0 Å². The third kappa shape index (κ3) is 10.2. The highest BCUT2D eigenvalue weighted by Gasteiger charge is 2.36. The van der Waals surface area contributed by atoms with Crippen molar-refractivity contribution in [2.24, 2.45) is 5.73 Å². The molecule has 0 unspecified atom stereocenters. The number of hydrogen-bond acceptors (Lipinski definition) is 6. The van der Waals surface area contributed by atoms with Crippen molar-refractivity contribution >= 4 is 29.5 Å². The zero-order valence-electron chi connectivity index (χ0n) is 21.6. The number of rotatable bonds is 15. The lowest BCUT2D eigenvalue weighted by Crippen LogP contribution is -2.56. The van der Waals surface area contributed by atoms with E-state index < -0.39 is 23.6 Å². The van der Waals surface area contributed by atoms with Crippen LogP contribution in [0, 0.1) is 0 Å². The monoisotopic (exact) mass is 486 g/mol. The van der Waals surface area contributed by atoms with Crippen molar-refractivity contribution in [2.75, 3.05) is 52.3 Å². The molecule has 8 nitrogen and oxygen atoms in total. The number of likely N-dealkylation sites (N-methyl/N-ethyl adjacent to an activating group) is 2. The largest absolute Gasteiger partial charge is 0.379 e. The van der Waals surface area contributed by atoms with Crippen LogP contribution in [-0.4, -0.2) is 102 Å². The molecule has 1 fully saturated rings. The summed E-state index contributed by atoms with van der Waals surface area (Å²) in [4.78, 5) is 43.7. The van der Waals surface area contributed by atoms with Gasteiger partial charge in [0.25, 0.3) is 0 Å². The van der Waals surface area contributed by atoms with Gasteiger partial charge < -0.3 is 25.2 Å². The van der Waals surface area contributed by atoms with Crippen LogP contribution in [0.4, 0.5) is 0 Å². The number of carbonyl (C=O) groups is 3. The number of nitrogens with two attached hydrogens (primary N) is 1. The maximum atomic E-state index is 13.5. The van der Waals surface area contributed by atoms with Gasteiger partial charge in [-0.25, -0.2) is 0 Å². The summed E-state index contributed by atoms with van der Waals surface area (Å²) in [5, 5.41) is 0. The molecule has 0 spiro atoms. The smallest absolute Gasteiger partial charge is 0.246 e. The number of ether oxygens (including phenoxy) is 1. The van der Waals surface area contributed by atoms with E-state index in [1.54, 1.807) is 37.9 Å². The predicted octanol–water partition coefficient (Wildman–Crippen LogP) is 2.35. The van der Waals surface area contributed by atoms with E-state index in [9.17, 15) is 14.4 Å². The number of thioether (sulfide) groups is 1. The van der Waals surface area contributed by atoms with Gasteiger partial charge in [-0.1, -0.05) is 13.3 Å². The molecule has 0 radical (unpaired) electrons. The molecule has 1 heterocycles. The molecular weight excluding hydrogens is 440 g/mol. The van der Waals surface area contributed by atoms with Gasteiger partial charge in [0.05, 0.1) is 5.60 Å². The van der Waals surface area contributed by atoms with E-state index in [0.29, 0.717) is 12.2 Å². The molecule has 1 aliphatic rings. The van der Waals surface area contributed by atoms with E-state index in [1.807, 2.05) is 20.8 Å². The van der Waals surface area contributed by atoms with Crippen LogP contribution in [-0.2, 0) is 19.1 Å². The first kappa shape index (κ1) is 29.7. The van der Waals surface area contributed by atoms with Gasteiger partial charge in [-0.2, -0.15) is 11.8 Å². The van der Waals surface area contributed by atoms with Crippen molar-refractivity contribution in [2.45, 2.75) is 83.4 Å². The van der Waals surface area contributed by atoms with Gasteiger partial charge in [0.2, 0.25) is 17.7 Å². The number of likely N-dealkylation sites (tertiary alicyclic amines) is 1. The summed E-state index contributed by atoms with van der Waals surface area (Å²) in [7, 11) is 4.84. The molecule has 192 valence electrons. The quantitative estimate of drug-likeness (QED) is 0.357. The Morgan fingerprint density at radius 3 is 2.27 bits per heavy atom. The Morgan fingerprint density at radius 2 is 1.73 bits per heavy atom. The predicted molar refractivity (Wildman–Crippen MR) is 135 cm³/mol. The maximum Gasteiger partial charge on any atom is 0.246 e. The summed E-state index contributed by atoms with van der Waals surface area (Å²) in [6, 6.07) is -1.45. The van der Waals surface area contributed by atoms with Crippen molar-refractivity contribution in [3.05, 3.63) is 0 Å². The zero-order valence-corrected chi connectivity index (χ0v) is 22.4. The lowest BCUT2D eigenvalue weighted by Gasteiger charge is -2.36. The van der Waals surface area contributed by atoms with Crippen molar-refractivity contribution < 1.29 is 19.1 Å². The molecule has 3 amide bonds. The molecule has 0 bridgehead atoms. The molecule has 2 atom stereocenters. The Balaban J connectivity index is 2.82. The van der Waals surface area contributed by atoms with Crippen LogP contribution in [0.5, 0.6) is 0 Å². The van der Waals surface area contributed by atoms with Gasteiger partial charge in [-0.05, 0) is 64.9 Å². The van der Waals surface area contributed by atoms with Gasteiger partial charge in [0.15, 0.2) is 0 Å². The Kier molecular flexibility index (Phi) is 13.4. The molecule has 9 heteroatoms. The highest BCUT2D eigenvalue weighted by Crippen LogP contribution is 2.21. The minimum atomic E-state index is -0.811. The molecule has 2 N–H and O–H groups in total. The van der Waals surface area contributed by atoms with Crippen molar-refractivity contribution in [3.63, 3.8) is 0 Å². The fourth-order valence-corrected chi connectivity index (χ4v) is 5.14. The van der Waals surface area contributed by atoms with Crippen LogP contribution >= 0.6 is 11.8 Å². The minimum Gasteiger partial charge on any atom is -0.379 e. The molecule has 33 heavy (non-hydrogen) atoms. The van der Waals surface area contributed by atoms with E-state index in [1.165, 1.54) is 37.3 Å². The highest BCUT2D eigenvalue weighted by atomic mass is 32.2. The van der Waals surface area contributed by atoms with E-state index in [2.05, 4.69) is 4.90 Å². The third-order valence-electron chi connectivity index (χ3n) is 6.48. The topological polar surface area (TPSA) is 96.2 Å². The van der Waals surface area contributed by atoms with Crippen molar-refractivity contribution in [1.82, 2.24) is 14.7 Å². The van der Waals surface area contributed by atoms with E-state index in [4.69, 9.17) is 10.5 Å². The van der Waals surface area contributed by atoms with Gasteiger partial charge in [0.1, 0.15) is 12.1 Å². The average Bonchev–Trinajstić information content (AvgIpc) is 2.79. The molecule has 1 aliphatic heterocycles.